The normalized spacial score (nSPS) is 15.0. The Bertz CT molecular complexity index is 138. The van der Waals surface area contributed by atoms with Gasteiger partial charge in [0.05, 0.1) is 0 Å². The third kappa shape index (κ3) is 3.38. The quantitative estimate of drug-likeness (QED) is 0.673. The minimum atomic E-state index is -2.16. The molecule has 3 nitrogen and oxygen atoms in total. The summed E-state index contributed by atoms with van der Waals surface area (Å²) in [5, 5.41) is 0. The molecule has 0 saturated carbocycles. The molecule has 1 N–H and O–H groups in total. The van der Waals surface area contributed by atoms with Gasteiger partial charge in [-0.2, -0.15) is 0 Å². The molecule has 80 valence electrons. The van der Waals surface area contributed by atoms with Gasteiger partial charge >= 0.3 is 8.72 Å². The molecule has 1 unspecified atom stereocenters. The molecule has 4 heteroatoms. The standard InChI is InChI=1S/C9H23NO2Si/c1-7-9(4)13(11-5,12-6)10-8(2)3/h8-10H,7H2,1-6H3. The van der Waals surface area contributed by atoms with E-state index < -0.39 is 8.72 Å². The van der Waals surface area contributed by atoms with Gasteiger partial charge in [0, 0.05) is 19.8 Å². The van der Waals surface area contributed by atoms with Crippen molar-refractivity contribution in [1.82, 2.24) is 4.98 Å². The van der Waals surface area contributed by atoms with Crippen LogP contribution in [0.15, 0.2) is 0 Å². The number of hydrogen-bond donors (Lipinski definition) is 1. The van der Waals surface area contributed by atoms with Gasteiger partial charge in [-0.1, -0.05) is 34.1 Å². The van der Waals surface area contributed by atoms with Crippen LogP contribution in [0.1, 0.15) is 34.1 Å². The van der Waals surface area contributed by atoms with Crippen LogP contribution in [0.4, 0.5) is 0 Å². The highest BCUT2D eigenvalue weighted by molar-refractivity contribution is 6.66. The van der Waals surface area contributed by atoms with E-state index in [0.717, 1.165) is 6.42 Å². The van der Waals surface area contributed by atoms with Gasteiger partial charge in [-0.3, -0.25) is 4.98 Å². The van der Waals surface area contributed by atoms with Crippen LogP contribution in [0.5, 0.6) is 0 Å². The minimum Gasteiger partial charge on any atom is -0.386 e. The molecule has 0 aromatic rings. The summed E-state index contributed by atoms with van der Waals surface area (Å²) < 4.78 is 11.1. The van der Waals surface area contributed by atoms with E-state index in [-0.39, 0.29) is 0 Å². The van der Waals surface area contributed by atoms with Crippen LogP contribution < -0.4 is 4.98 Å². The number of hydrogen-bond acceptors (Lipinski definition) is 3. The molecule has 0 fully saturated rings. The van der Waals surface area contributed by atoms with Gasteiger partial charge in [0.1, 0.15) is 0 Å². The molecule has 0 heterocycles. The summed E-state index contributed by atoms with van der Waals surface area (Å²) in [5.74, 6) is 0. The molecule has 0 radical (unpaired) electrons. The van der Waals surface area contributed by atoms with Gasteiger partial charge in [0.2, 0.25) is 0 Å². The molecule has 0 aromatic heterocycles. The molecular formula is C9H23NO2Si. The second-order valence-corrected chi connectivity index (χ2v) is 7.11. The van der Waals surface area contributed by atoms with E-state index in [1.54, 1.807) is 14.2 Å². The Hall–Kier alpha value is 0.0969. The summed E-state index contributed by atoms with van der Waals surface area (Å²) in [6, 6.07) is 0.403. The monoisotopic (exact) mass is 205 g/mol. The SMILES string of the molecule is CCC(C)[Si](NC(C)C)(OC)OC. The van der Waals surface area contributed by atoms with Crippen LogP contribution in [0.25, 0.3) is 0 Å². The van der Waals surface area contributed by atoms with E-state index in [4.69, 9.17) is 8.85 Å². The molecule has 0 amide bonds. The molecule has 0 saturated heterocycles. The Balaban J connectivity index is 4.48. The second kappa shape index (κ2) is 5.75. The first-order valence-electron chi connectivity index (χ1n) is 4.90. The van der Waals surface area contributed by atoms with Crippen LogP contribution in [0.3, 0.4) is 0 Å². The first-order valence-corrected chi connectivity index (χ1v) is 6.79. The van der Waals surface area contributed by atoms with Gasteiger partial charge in [-0.15, -0.1) is 0 Å². The van der Waals surface area contributed by atoms with Crippen molar-refractivity contribution in [3.63, 3.8) is 0 Å². The van der Waals surface area contributed by atoms with Crippen molar-refractivity contribution in [1.29, 1.82) is 0 Å². The zero-order valence-corrected chi connectivity index (χ0v) is 10.7. The van der Waals surface area contributed by atoms with E-state index in [1.165, 1.54) is 0 Å². The lowest BCUT2D eigenvalue weighted by Gasteiger charge is -2.34. The Morgan fingerprint density at radius 1 is 1.15 bits per heavy atom. The first kappa shape index (κ1) is 13.1. The number of rotatable bonds is 6. The zero-order chi connectivity index (χ0) is 10.5. The molecule has 0 bridgehead atoms. The molecule has 0 rings (SSSR count). The van der Waals surface area contributed by atoms with Crippen molar-refractivity contribution in [2.45, 2.75) is 45.7 Å². The number of nitrogens with one attached hydrogen (secondary N) is 1. The first-order chi connectivity index (χ1) is 6.02. The van der Waals surface area contributed by atoms with Gasteiger partial charge in [-0.25, -0.2) is 0 Å². The van der Waals surface area contributed by atoms with Crippen molar-refractivity contribution >= 4 is 8.72 Å². The Kier molecular flexibility index (Phi) is 5.79. The topological polar surface area (TPSA) is 30.5 Å². The van der Waals surface area contributed by atoms with Crippen LogP contribution in [-0.4, -0.2) is 29.0 Å². The largest absolute Gasteiger partial charge is 0.427 e. The van der Waals surface area contributed by atoms with Crippen molar-refractivity contribution < 1.29 is 8.85 Å². The second-order valence-electron chi connectivity index (χ2n) is 3.68. The maximum atomic E-state index is 5.56. The zero-order valence-electron chi connectivity index (χ0n) is 9.68. The van der Waals surface area contributed by atoms with Crippen molar-refractivity contribution in [2.24, 2.45) is 0 Å². The predicted octanol–water partition coefficient (Wildman–Crippen LogP) is 2.02. The summed E-state index contributed by atoms with van der Waals surface area (Å²) >= 11 is 0. The highest BCUT2D eigenvalue weighted by Crippen LogP contribution is 2.23. The molecular weight excluding hydrogens is 182 g/mol. The molecule has 0 aromatic carbocycles. The van der Waals surface area contributed by atoms with E-state index in [1.807, 2.05) is 0 Å². The summed E-state index contributed by atoms with van der Waals surface area (Å²) in [4.78, 5) is 3.44. The lowest BCUT2D eigenvalue weighted by molar-refractivity contribution is 0.210. The van der Waals surface area contributed by atoms with Crippen LogP contribution in [-0.2, 0) is 8.85 Å². The summed E-state index contributed by atoms with van der Waals surface area (Å²) in [6.45, 7) is 8.56. The fraction of sp³-hybridized carbons (Fsp3) is 1.00. The van der Waals surface area contributed by atoms with Crippen molar-refractivity contribution in [3.8, 4) is 0 Å². The van der Waals surface area contributed by atoms with Crippen LogP contribution in [0, 0.1) is 0 Å². The van der Waals surface area contributed by atoms with Crippen molar-refractivity contribution in [2.75, 3.05) is 14.2 Å². The van der Waals surface area contributed by atoms with E-state index in [9.17, 15) is 0 Å². The van der Waals surface area contributed by atoms with E-state index in [0.29, 0.717) is 11.6 Å². The fourth-order valence-corrected chi connectivity index (χ4v) is 4.25. The molecule has 13 heavy (non-hydrogen) atoms. The van der Waals surface area contributed by atoms with Gasteiger partial charge in [-0.05, 0) is 6.04 Å². The average molecular weight is 205 g/mol. The Morgan fingerprint density at radius 2 is 1.62 bits per heavy atom. The maximum absolute atomic E-state index is 5.56. The van der Waals surface area contributed by atoms with Gasteiger partial charge in [0.25, 0.3) is 0 Å². The van der Waals surface area contributed by atoms with Gasteiger partial charge in [0.15, 0.2) is 0 Å². The maximum Gasteiger partial charge on any atom is 0.427 e. The van der Waals surface area contributed by atoms with Crippen molar-refractivity contribution in [3.05, 3.63) is 0 Å². The Labute approximate surface area is 83.1 Å². The van der Waals surface area contributed by atoms with Crippen LogP contribution >= 0.6 is 0 Å². The summed E-state index contributed by atoms with van der Waals surface area (Å²) in [7, 11) is 1.31. The minimum absolute atomic E-state index is 0.403. The smallest absolute Gasteiger partial charge is 0.386 e. The van der Waals surface area contributed by atoms with Gasteiger partial charge < -0.3 is 8.85 Å². The lowest BCUT2D eigenvalue weighted by Crippen LogP contribution is -2.60. The highest BCUT2D eigenvalue weighted by atomic mass is 28.4. The molecule has 0 aliphatic rings. The highest BCUT2D eigenvalue weighted by Gasteiger charge is 2.42. The third-order valence-corrected chi connectivity index (χ3v) is 6.26. The fourth-order valence-electron chi connectivity index (χ4n) is 1.42. The molecule has 0 spiro atoms. The lowest BCUT2D eigenvalue weighted by atomic mass is 10.4. The molecule has 0 aliphatic carbocycles. The van der Waals surface area contributed by atoms with E-state index in [2.05, 4.69) is 32.7 Å². The van der Waals surface area contributed by atoms with Crippen LogP contribution in [0.2, 0.25) is 5.54 Å². The predicted molar refractivity (Wildman–Crippen MR) is 57.8 cm³/mol. The molecule has 1 atom stereocenters. The average Bonchev–Trinajstić information content (AvgIpc) is 2.12. The summed E-state index contributed by atoms with van der Waals surface area (Å²) in [5.41, 5.74) is 0.463. The summed E-state index contributed by atoms with van der Waals surface area (Å²) in [6.07, 6.45) is 1.08. The van der Waals surface area contributed by atoms with E-state index >= 15 is 0 Å². The third-order valence-electron chi connectivity index (χ3n) is 2.36. The Morgan fingerprint density at radius 3 is 1.85 bits per heavy atom. The molecule has 0 aliphatic heterocycles.